The van der Waals surface area contributed by atoms with Crippen LogP contribution in [0.1, 0.15) is 48.0 Å². The Morgan fingerprint density at radius 3 is 2.54 bits per heavy atom. The molecule has 5 rings (SSSR count). The van der Waals surface area contributed by atoms with E-state index in [1.54, 1.807) is 30.5 Å². The van der Waals surface area contributed by atoms with Gasteiger partial charge in [0.1, 0.15) is 23.2 Å². The molecule has 200 valence electrons. The number of nitro groups is 1. The second-order valence-electron chi connectivity index (χ2n) is 9.79. The third kappa shape index (κ3) is 5.90. The van der Waals surface area contributed by atoms with Gasteiger partial charge in [0.2, 0.25) is 0 Å². The number of rotatable bonds is 9. The topological polar surface area (TPSA) is 139 Å². The van der Waals surface area contributed by atoms with Crippen LogP contribution in [-0.4, -0.2) is 43.4 Å². The predicted molar refractivity (Wildman–Crippen MR) is 147 cm³/mol. The quantitative estimate of drug-likeness (QED) is 0.204. The minimum Gasteiger partial charge on any atom is -0.480 e. The molecule has 3 N–H and O–H groups in total. The molecular weight excluding hydrogens is 498 g/mol. The van der Waals surface area contributed by atoms with Gasteiger partial charge in [-0.3, -0.25) is 19.3 Å². The van der Waals surface area contributed by atoms with Crippen LogP contribution in [0.5, 0.6) is 0 Å². The molecule has 1 amide bonds. The van der Waals surface area contributed by atoms with Gasteiger partial charge in [-0.2, -0.15) is 0 Å². The van der Waals surface area contributed by atoms with Crippen LogP contribution in [0.3, 0.4) is 0 Å². The molecule has 4 aromatic rings. The van der Waals surface area contributed by atoms with E-state index in [-0.39, 0.29) is 23.7 Å². The number of nitrogens with one attached hydrogen (secondary N) is 2. The fourth-order valence-corrected chi connectivity index (χ4v) is 5.02. The Hall–Kier alpha value is -4.73. The fraction of sp³-hybridized carbons (Fsp3) is 0.276. The number of nitrogens with zero attached hydrogens (tertiary/aromatic N) is 3. The summed E-state index contributed by atoms with van der Waals surface area (Å²) >= 11 is 0. The molecule has 0 aliphatic heterocycles. The van der Waals surface area contributed by atoms with E-state index in [0.29, 0.717) is 22.7 Å². The van der Waals surface area contributed by atoms with E-state index in [1.165, 1.54) is 18.6 Å². The number of amides is 1. The van der Waals surface area contributed by atoms with Crippen molar-refractivity contribution in [1.29, 1.82) is 0 Å². The Morgan fingerprint density at radius 1 is 1.05 bits per heavy atom. The van der Waals surface area contributed by atoms with Crippen molar-refractivity contribution in [3.05, 3.63) is 94.2 Å². The third-order valence-corrected chi connectivity index (χ3v) is 7.05. The smallest absolute Gasteiger partial charge is 0.326 e. The molecule has 2 heterocycles. The molecule has 1 fully saturated rings. The van der Waals surface area contributed by atoms with E-state index in [0.717, 1.165) is 31.2 Å². The summed E-state index contributed by atoms with van der Waals surface area (Å²) in [7, 11) is 0. The summed E-state index contributed by atoms with van der Waals surface area (Å²) in [5.41, 5.74) is 2.64. The lowest BCUT2D eigenvalue weighted by Crippen LogP contribution is -2.42. The largest absolute Gasteiger partial charge is 0.480 e. The highest BCUT2D eigenvalue weighted by Gasteiger charge is 2.24. The summed E-state index contributed by atoms with van der Waals surface area (Å²) in [4.78, 5) is 40.7. The third-order valence-electron chi connectivity index (χ3n) is 7.05. The summed E-state index contributed by atoms with van der Waals surface area (Å²) in [6, 6.07) is 17.8. The second kappa shape index (κ2) is 11.3. The van der Waals surface area contributed by atoms with Crippen LogP contribution in [0.25, 0.3) is 16.9 Å². The van der Waals surface area contributed by atoms with Crippen LogP contribution < -0.4 is 10.6 Å². The maximum absolute atomic E-state index is 13.1. The Morgan fingerprint density at radius 2 is 1.82 bits per heavy atom. The van der Waals surface area contributed by atoms with Crippen LogP contribution in [0, 0.1) is 10.1 Å². The number of non-ortho nitro benzene ring substituents is 1. The lowest BCUT2D eigenvalue weighted by molar-refractivity contribution is -0.384. The molecule has 0 radical (unpaired) electrons. The molecule has 1 aliphatic carbocycles. The molecular formula is C29H29N5O5. The second-order valence-corrected chi connectivity index (χ2v) is 9.79. The van der Waals surface area contributed by atoms with Crippen LogP contribution in [0.2, 0.25) is 0 Å². The maximum Gasteiger partial charge on any atom is 0.326 e. The van der Waals surface area contributed by atoms with Crippen molar-refractivity contribution < 1.29 is 19.6 Å². The highest BCUT2D eigenvalue weighted by molar-refractivity contribution is 5.97. The first-order valence-corrected chi connectivity index (χ1v) is 13.0. The zero-order valence-corrected chi connectivity index (χ0v) is 21.2. The molecule has 2 aromatic carbocycles. The summed E-state index contributed by atoms with van der Waals surface area (Å²) in [5.74, 6) is -0.944. The summed E-state index contributed by atoms with van der Waals surface area (Å²) in [5, 5.41) is 27.3. The van der Waals surface area contributed by atoms with Crippen molar-refractivity contribution >= 4 is 29.0 Å². The van der Waals surface area contributed by atoms with Gasteiger partial charge in [-0.05, 0) is 30.5 Å². The number of benzene rings is 2. The van der Waals surface area contributed by atoms with E-state index >= 15 is 0 Å². The summed E-state index contributed by atoms with van der Waals surface area (Å²) in [6.45, 7) is 0. The SMILES string of the molecule is O=C(NC(Cc1ccccc1)C(=O)O)c1ccn2c(NC3CCCCC3)c(-c3cccc([N+](=O)[O-])c3)nc2c1. The van der Waals surface area contributed by atoms with Gasteiger partial charge in [0.15, 0.2) is 0 Å². The minimum absolute atomic E-state index is 0.0358. The van der Waals surface area contributed by atoms with Crippen molar-refractivity contribution in [2.45, 2.75) is 50.6 Å². The predicted octanol–water partition coefficient (Wildman–Crippen LogP) is 5.08. The van der Waals surface area contributed by atoms with Crippen molar-refractivity contribution in [3.8, 4) is 11.3 Å². The highest BCUT2D eigenvalue weighted by Crippen LogP contribution is 2.33. The number of carbonyl (C=O) groups is 2. The van der Waals surface area contributed by atoms with Crippen molar-refractivity contribution in [3.63, 3.8) is 0 Å². The van der Waals surface area contributed by atoms with Crippen LogP contribution in [-0.2, 0) is 11.2 Å². The summed E-state index contributed by atoms with van der Waals surface area (Å²) in [6.07, 6.45) is 7.34. The molecule has 0 bridgehead atoms. The number of hydrogen-bond acceptors (Lipinski definition) is 6. The molecule has 39 heavy (non-hydrogen) atoms. The zero-order valence-electron chi connectivity index (χ0n) is 21.2. The number of fused-ring (bicyclic) bond motifs is 1. The average Bonchev–Trinajstić information content (AvgIpc) is 3.31. The van der Waals surface area contributed by atoms with Gasteiger partial charge in [-0.15, -0.1) is 0 Å². The molecule has 1 aliphatic rings. The average molecular weight is 528 g/mol. The van der Waals surface area contributed by atoms with E-state index in [2.05, 4.69) is 10.6 Å². The molecule has 0 saturated heterocycles. The number of aliphatic carboxylic acids is 1. The molecule has 1 atom stereocenters. The van der Waals surface area contributed by atoms with Crippen LogP contribution in [0.15, 0.2) is 72.9 Å². The molecule has 2 aromatic heterocycles. The number of hydrogen-bond donors (Lipinski definition) is 3. The monoisotopic (exact) mass is 527 g/mol. The molecule has 10 nitrogen and oxygen atoms in total. The van der Waals surface area contributed by atoms with Gasteiger partial charge in [0.25, 0.3) is 11.6 Å². The Labute approximate surface area is 224 Å². The minimum atomic E-state index is -1.12. The number of anilines is 1. The van der Waals surface area contributed by atoms with Gasteiger partial charge in [0.05, 0.1) is 4.92 Å². The number of nitro benzene ring substituents is 1. The lowest BCUT2D eigenvalue weighted by Gasteiger charge is -2.24. The Bertz CT molecular complexity index is 1510. The van der Waals surface area contributed by atoms with Crippen LogP contribution in [0.4, 0.5) is 11.5 Å². The lowest BCUT2D eigenvalue weighted by atomic mass is 9.95. The number of pyridine rings is 1. The maximum atomic E-state index is 13.1. The van der Waals surface area contributed by atoms with Crippen molar-refractivity contribution in [1.82, 2.24) is 14.7 Å². The first kappa shape index (κ1) is 25.9. The number of carboxylic acids is 1. The Balaban J connectivity index is 1.48. The van der Waals surface area contributed by atoms with E-state index in [1.807, 2.05) is 34.7 Å². The standard InChI is InChI=1S/C29H29N5O5/c35-28(31-24(29(36)37)16-19-8-3-1-4-9-19)21-14-15-33-25(18-21)32-26(20-10-7-13-23(17-20)34(38)39)27(33)30-22-11-5-2-6-12-22/h1,3-4,7-10,13-15,17-18,22,24,30H,2,5-6,11-12,16H2,(H,31,35)(H,36,37). The molecule has 1 unspecified atom stereocenters. The van der Waals surface area contributed by atoms with Crippen LogP contribution >= 0.6 is 0 Å². The first-order valence-electron chi connectivity index (χ1n) is 13.0. The normalized spacial score (nSPS) is 14.6. The van der Waals surface area contributed by atoms with Gasteiger partial charge < -0.3 is 15.7 Å². The number of imidazole rings is 1. The molecule has 1 saturated carbocycles. The highest BCUT2D eigenvalue weighted by atomic mass is 16.6. The van der Waals surface area contributed by atoms with Gasteiger partial charge in [-0.1, -0.05) is 61.7 Å². The first-order chi connectivity index (χ1) is 18.9. The van der Waals surface area contributed by atoms with E-state index < -0.39 is 22.8 Å². The van der Waals surface area contributed by atoms with E-state index in [4.69, 9.17) is 4.98 Å². The van der Waals surface area contributed by atoms with Gasteiger partial charge in [-0.25, -0.2) is 9.78 Å². The number of carbonyl (C=O) groups excluding carboxylic acids is 1. The molecule has 0 spiro atoms. The summed E-state index contributed by atoms with van der Waals surface area (Å²) < 4.78 is 1.83. The van der Waals surface area contributed by atoms with Gasteiger partial charge in [0, 0.05) is 41.9 Å². The van der Waals surface area contributed by atoms with E-state index in [9.17, 15) is 24.8 Å². The zero-order chi connectivity index (χ0) is 27.4. The number of aromatic nitrogens is 2. The fourth-order valence-electron chi connectivity index (χ4n) is 5.02. The Kier molecular flexibility index (Phi) is 7.53. The van der Waals surface area contributed by atoms with Crippen molar-refractivity contribution in [2.75, 3.05) is 5.32 Å². The van der Waals surface area contributed by atoms with Crippen molar-refractivity contribution in [2.24, 2.45) is 0 Å². The number of carboxylic acid groups (broad SMARTS) is 1. The van der Waals surface area contributed by atoms with Gasteiger partial charge >= 0.3 is 5.97 Å². The molecule has 10 heteroatoms.